The van der Waals surface area contributed by atoms with Crippen LogP contribution in [0.15, 0.2) is 4.42 Å². The molecule has 0 bridgehead atoms. The Hall–Kier alpha value is -1.36. The predicted molar refractivity (Wildman–Crippen MR) is 52.9 cm³/mol. The van der Waals surface area contributed by atoms with Crippen molar-refractivity contribution in [2.75, 3.05) is 7.11 Å². The van der Waals surface area contributed by atoms with E-state index in [1.54, 1.807) is 0 Å². The molecule has 1 aromatic heterocycles. The van der Waals surface area contributed by atoms with Gasteiger partial charge in [-0.15, -0.1) is 0 Å². The lowest BCUT2D eigenvalue weighted by atomic mass is 9.91. The minimum atomic E-state index is -1.10. The first-order valence-electron chi connectivity index (χ1n) is 4.58. The number of carboxylic acids is 1. The van der Waals surface area contributed by atoms with E-state index >= 15 is 0 Å². The monoisotopic (exact) mass is 213 g/mol. The average molecular weight is 213 g/mol. The maximum absolute atomic E-state index is 10.9. The summed E-state index contributed by atoms with van der Waals surface area (Å²) < 4.78 is 9.95. The number of nitrogens with zero attached hydrogens (tertiary/aromatic N) is 1. The van der Waals surface area contributed by atoms with Crippen molar-refractivity contribution in [2.24, 2.45) is 0 Å². The topological polar surface area (TPSA) is 72.6 Å². The summed E-state index contributed by atoms with van der Waals surface area (Å²) in [5, 5.41) is 8.94. The molecule has 0 aromatic carbocycles. The summed E-state index contributed by atoms with van der Waals surface area (Å²) in [6.45, 7) is 5.83. The van der Waals surface area contributed by atoms with Crippen molar-refractivity contribution in [3.63, 3.8) is 0 Å². The van der Waals surface area contributed by atoms with Crippen molar-refractivity contribution in [3.05, 3.63) is 17.3 Å². The first-order valence-corrected chi connectivity index (χ1v) is 4.58. The largest absolute Gasteiger partial charge is 0.475 e. The quantitative estimate of drug-likeness (QED) is 0.829. The van der Waals surface area contributed by atoms with Crippen LogP contribution in [0.5, 0.6) is 0 Å². The van der Waals surface area contributed by atoms with E-state index in [2.05, 4.69) is 4.98 Å². The van der Waals surface area contributed by atoms with E-state index in [1.165, 1.54) is 7.11 Å². The molecule has 0 amide bonds. The Balaban J connectivity index is 3.18. The standard InChI is InChI=1S/C10H15NO4/c1-10(2,3)8-7(9(12)13)15-6(11-8)5-14-4/h5H2,1-4H3,(H,12,13). The number of carbonyl (C=O) groups is 1. The molecule has 84 valence electrons. The Bertz CT molecular complexity index is 362. The molecule has 0 spiro atoms. The minimum Gasteiger partial charge on any atom is -0.475 e. The molecule has 0 radical (unpaired) electrons. The van der Waals surface area contributed by atoms with E-state index in [-0.39, 0.29) is 17.8 Å². The zero-order valence-electron chi connectivity index (χ0n) is 9.33. The summed E-state index contributed by atoms with van der Waals surface area (Å²) in [7, 11) is 1.50. The van der Waals surface area contributed by atoms with Crippen molar-refractivity contribution in [1.82, 2.24) is 4.98 Å². The molecular weight excluding hydrogens is 198 g/mol. The molecule has 0 aliphatic rings. The highest BCUT2D eigenvalue weighted by atomic mass is 16.5. The second-order valence-electron chi connectivity index (χ2n) is 4.27. The van der Waals surface area contributed by atoms with Gasteiger partial charge in [0.25, 0.3) is 0 Å². The van der Waals surface area contributed by atoms with E-state index in [0.29, 0.717) is 11.6 Å². The summed E-state index contributed by atoms with van der Waals surface area (Å²) in [6, 6.07) is 0. The van der Waals surface area contributed by atoms with E-state index in [4.69, 9.17) is 14.3 Å². The van der Waals surface area contributed by atoms with Crippen LogP contribution in [0, 0.1) is 0 Å². The first kappa shape index (κ1) is 11.7. The third-order valence-corrected chi connectivity index (χ3v) is 1.84. The van der Waals surface area contributed by atoms with E-state index in [0.717, 1.165) is 0 Å². The molecule has 1 heterocycles. The summed E-state index contributed by atoms with van der Waals surface area (Å²) >= 11 is 0. The second kappa shape index (κ2) is 4.02. The van der Waals surface area contributed by atoms with Crippen LogP contribution in [0.3, 0.4) is 0 Å². The molecule has 5 heteroatoms. The van der Waals surface area contributed by atoms with Gasteiger partial charge in [-0.1, -0.05) is 20.8 Å². The van der Waals surface area contributed by atoms with Gasteiger partial charge in [-0.3, -0.25) is 0 Å². The third-order valence-electron chi connectivity index (χ3n) is 1.84. The summed E-state index contributed by atoms with van der Waals surface area (Å²) in [5.41, 5.74) is 0.0884. The summed E-state index contributed by atoms with van der Waals surface area (Å²) in [5.74, 6) is -0.913. The van der Waals surface area contributed by atoms with Crippen LogP contribution >= 0.6 is 0 Å². The van der Waals surface area contributed by atoms with Crippen LogP contribution in [0.25, 0.3) is 0 Å². The van der Waals surface area contributed by atoms with Gasteiger partial charge in [0.1, 0.15) is 6.61 Å². The van der Waals surface area contributed by atoms with Gasteiger partial charge in [0.15, 0.2) is 0 Å². The smallest absolute Gasteiger partial charge is 0.373 e. The number of rotatable bonds is 3. The van der Waals surface area contributed by atoms with Crippen LogP contribution < -0.4 is 0 Å². The molecule has 0 unspecified atom stereocenters. The molecule has 0 fully saturated rings. The molecule has 0 aliphatic carbocycles. The number of hydrogen-bond donors (Lipinski definition) is 1. The highest BCUT2D eigenvalue weighted by Crippen LogP contribution is 2.26. The zero-order chi connectivity index (χ0) is 11.6. The average Bonchev–Trinajstić information content (AvgIpc) is 2.48. The molecule has 5 nitrogen and oxygen atoms in total. The molecule has 1 aromatic rings. The van der Waals surface area contributed by atoms with Gasteiger partial charge >= 0.3 is 5.97 Å². The first-order chi connectivity index (χ1) is 6.86. The highest BCUT2D eigenvalue weighted by molar-refractivity contribution is 5.86. The molecule has 15 heavy (non-hydrogen) atoms. The molecule has 1 N–H and O–H groups in total. The molecule has 0 saturated carbocycles. The number of ether oxygens (including phenoxy) is 1. The Labute approximate surface area is 88.1 Å². The van der Waals surface area contributed by atoms with Gasteiger partial charge < -0.3 is 14.3 Å². The fraction of sp³-hybridized carbons (Fsp3) is 0.600. The summed E-state index contributed by atoms with van der Waals surface area (Å²) in [4.78, 5) is 15.0. The van der Waals surface area contributed by atoms with Gasteiger partial charge in [-0.25, -0.2) is 9.78 Å². The van der Waals surface area contributed by atoms with Gasteiger partial charge in [-0.05, 0) is 0 Å². The lowest BCUT2D eigenvalue weighted by molar-refractivity contribution is 0.0651. The Morgan fingerprint density at radius 3 is 2.47 bits per heavy atom. The lowest BCUT2D eigenvalue weighted by Crippen LogP contribution is -2.16. The van der Waals surface area contributed by atoms with Gasteiger partial charge in [0.2, 0.25) is 11.7 Å². The molecule has 0 aliphatic heterocycles. The maximum atomic E-state index is 10.9. The van der Waals surface area contributed by atoms with Crippen molar-refractivity contribution in [1.29, 1.82) is 0 Å². The molecule has 1 rings (SSSR count). The second-order valence-corrected chi connectivity index (χ2v) is 4.27. The number of oxazole rings is 1. The normalized spacial score (nSPS) is 11.7. The number of hydrogen-bond acceptors (Lipinski definition) is 4. The van der Waals surface area contributed by atoms with E-state index in [1.807, 2.05) is 20.8 Å². The number of aromatic nitrogens is 1. The Kier molecular flexibility index (Phi) is 3.14. The van der Waals surface area contributed by atoms with Crippen LogP contribution in [0.2, 0.25) is 0 Å². The van der Waals surface area contributed by atoms with Crippen LogP contribution in [-0.2, 0) is 16.8 Å². The van der Waals surface area contributed by atoms with Crippen molar-refractivity contribution >= 4 is 5.97 Å². The molecule has 0 atom stereocenters. The van der Waals surface area contributed by atoms with Crippen molar-refractivity contribution in [2.45, 2.75) is 32.8 Å². The van der Waals surface area contributed by atoms with Crippen LogP contribution in [0.1, 0.15) is 42.9 Å². The van der Waals surface area contributed by atoms with Crippen molar-refractivity contribution < 1.29 is 19.1 Å². The van der Waals surface area contributed by atoms with Gasteiger partial charge in [0, 0.05) is 12.5 Å². The van der Waals surface area contributed by atoms with Gasteiger partial charge in [-0.2, -0.15) is 0 Å². The van der Waals surface area contributed by atoms with Gasteiger partial charge in [0.05, 0.1) is 5.69 Å². The third kappa shape index (κ3) is 2.56. The van der Waals surface area contributed by atoms with Crippen LogP contribution in [-0.4, -0.2) is 23.2 Å². The molecular formula is C10H15NO4. The number of methoxy groups -OCH3 is 1. The summed E-state index contributed by atoms with van der Waals surface area (Å²) in [6.07, 6.45) is 0. The molecule has 0 saturated heterocycles. The fourth-order valence-corrected chi connectivity index (χ4v) is 1.20. The maximum Gasteiger partial charge on any atom is 0.373 e. The number of carboxylic acid groups (broad SMARTS) is 1. The lowest BCUT2D eigenvalue weighted by Gasteiger charge is -2.14. The SMILES string of the molecule is COCc1nc(C(C)(C)C)c(C(=O)O)o1. The fourth-order valence-electron chi connectivity index (χ4n) is 1.20. The van der Waals surface area contributed by atoms with E-state index in [9.17, 15) is 4.79 Å². The minimum absolute atomic E-state index is 0.102. The predicted octanol–water partition coefficient (Wildman–Crippen LogP) is 1.82. The van der Waals surface area contributed by atoms with Crippen molar-refractivity contribution in [3.8, 4) is 0 Å². The Morgan fingerprint density at radius 2 is 2.13 bits per heavy atom. The number of aromatic carboxylic acids is 1. The zero-order valence-corrected chi connectivity index (χ0v) is 9.33. The van der Waals surface area contributed by atoms with E-state index < -0.39 is 5.97 Å². The van der Waals surface area contributed by atoms with Crippen LogP contribution in [0.4, 0.5) is 0 Å². The highest BCUT2D eigenvalue weighted by Gasteiger charge is 2.28. The Morgan fingerprint density at radius 1 is 1.53 bits per heavy atom.